The first-order valence-corrected chi connectivity index (χ1v) is 6.25. The van der Waals surface area contributed by atoms with E-state index in [1.54, 1.807) is 18.2 Å². The minimum absolute atomic E-state index is 0.00278. The molecule has 0 saturated carbocycles. The Kier molecular flexibility index (Phi) is 4.01. The summed E-state index contributed by atoms with van der Waals surface area (Å²) < 4.78 is 13.9. The van der Waals surface area contributed by atoms with E-state index < -0.39 is 11.7 Å². The summed E-state index contributed by atoms with van der Waals surface area (Å²) >= 11 is 12.0. The van der Waals surface area contributed by atoms with Gasteiger partial charge < -0.3 is 16.8 Å². The number of nitrogen functional groups attached to an aromatic ring is 1. The Balaban J connectivity index is 2.49. The molecular formula is C13H10Cl2FN3O. The maximum Gasteiger partial charge on any atom is 0.250 e. The largest absolute Gasteiger partial charge is 0.398 e. The monoisotopic (exact) mass is 313 g/mol. The van der Waals surface area contributed by atoms with Crippen molar-refractivity contribution >= 4 is 46.2 Å². The number of carbonyl (C=O) groups is 1. The molecule has 104 valence electrons. The van der Waals surface area contributed by atoms with Gasteiger partial charge in [-0.2, -0.15) is 0 Å². The van der Waals surface area contributed by atoms with Crippen molar-refractivity contribution in [2.75, 3.05) is 11.1 Å². The fourth-order valence-corrected chi connectivity index (χ4v) is 2.14. The predicted octanol–water partition coefficient (Wildman–Crippen LogP) is 3.56. The molecule has 20 heavy (non-hydrogen) atoms. The Morgan fingerprint density at radius 3 is 2.35 bits per heavy atom. The topological polar surface area (TPSA) is 81.1 Å². The number of amides is 1. The Labute approximate surface area is 124 Å². The van der Waals surface area contributed by atoms with Crippen LogP contribution in [0.3, 0.4) is 0 Å². The Hall–Kier alpha value is -1.98. The molecule has 2 aromatic rings. The maximum atomic E-state index is 13.9. The molecule has 5 N–H and O–H groups in total. The second kappa shape index (κ2) is 5.56. The summed E-state index contributed by atoms with van der Waals surface area (Å²) in [6.07, 6.45) is 0. The normalized spacial score (nSPS) is 10.3. The van der Waals surface area contributed by atoms with Crippen molar-refractivity contribution in [2.24, 2.45) is 5.73 Å². The van der Waals surface area contributed by atoms with Crippen molar-refractivity contribution in [1.29, 1.82) is 0 Å². The van der Waals surface area contributed by atoms with Crippen LogP contribution in [0.15, 0.2) is 30.3 Å². The van der Waals surface area contributed by atoms with Crippen LogP contribution in [0.1, 0.15) is 10.4 Å². The predicted molar refractivity (Wildman–Crippen MR) is 79.1 cm³/mol. The fourth-order valence-electron chi connectivity index (χ4n) is 1.65. The number of carbonyl (C=O) groups excluding carboxylic acids is 1. The molecule has 0 unspecified atom stereocenters. The highest BCUT2D eigenvalue weighted by Crippen LogP contribution is 2.34. The molecule has 0 atom stereocenters. The number of nitrogens with two attached hydrogens (primary N) is 2. The summed E-state index contributed by atoms with van der Waals surface area (Å²) in [6.45, 7) is 0. The number of benzene rings is 2. The minimum atomic E-state index is -0.754. The Morgan fingerprint density at radius 1 is 1.20 bits per heavy atom. The van der Waals surface area contributed by atoms with Crippen LogP contribution in [0, 0.1) is 5.82 Å². The van der Waals surface area contributed by atoms with Crippen LogP contribution in [0.25, 0.3) is 0 Å². The van der Waals surface area contributed by atoms with Crippen molar-refractivity contribution in [2.45, 2.75) is 0 Å². The lowest BCUT2D eigenvalue weighted by Crippen LogP contribution is -2.14. The lowest BCUT2D eigenvalue weighted by molar-refractivity contribution is 0.100. The van der Waals surface area contributed by atoms with Crippen LogP contribution in [0.2, 0.25) is 10.0 Å². The number of nitrogens with one attached hydrogen (secondary N) is 1. The second-order valence-corrected chi connectivity index (χ2v) is 4.82. The number of halogens is 3. The van der Waals surface area contributed by atoms with Gasteiger partial charge in [0.2, 0.25) is 0 Å². The fraction of sp³-hybridized carbons (Fsp3) is 0. The van der Waals surface area contributed by atoms with Gasteiger partial charge in [0.05, 0.1) is 27.0 Å². The molecule has 2 rings (SSSR count). The molecular weight excluding hydrogens is 304 g/mol. The molecule has 0 aliphatic heterocycles. The number of primary amides is 1. The van der Waals surface area contributed by atoms with E-state index in [0.29, 0.717) is 15.7 Å². The zero-order valence-corrected chi connectivity index (χ0v) is 11.6. The van der Waals surface area contributed by atoms with E-state index >= 15 is 0 Å². The highest BCUT2D eigenvalue weighted by Gasteiger charge is 2.14. The zero-order chi connectivity index (χ0) is 14.9. The van der Waals surface area contributed by atoms with Gasteiger partial charge in [-0.15, -0.1) is 0 Å². The quantitative estimate of drug-likeness (QED) is 0.758. The summed E-state index contributed by atoms with van der Waals surface area (Å²) in [6, 6.07) is 7.07. The third-order valence-electron chi connectivity index (χ3n) is 2.63. The van der Waals surface area contributed by atoms with Gasteiger partial charge in [0.15, 0.2) is 0 Å². The average Bonchev–Trinajstić information content (AvgIpc) is 2.35. The lowest BCUT2D eigenvalue weighted by Gasteiger charge is -2.13. The molecule has 1 amide bonds. The van der Waals surface area contributed by atoms with E-state index in [0.717, 1.165) is 6.07 Å². The molecule has 0 aliphatic carbocycles. The van der Waals surface area contributed by atoms with Gasteiger partial charge >= 0.3 is 0 Å². The molecule has 0 aromatic heterocycles. The van der Waals surface area contributed by atoms with Gasteiger partial charge in [-0.1, -0.05) is 29.3 Å². The van der Waals surface area contributed by atoms with Crippen LogP contribution in [0.5, 0.6) is 0 Å². The van der Waals surface area contributed by atoms with Gasteiger partial charge in [-0.05, 0) is 24.3 Å². The van der Waals surface area contributed by atoms with E-state index in [9.17, 15) is 9.18 Å². The molecule has 0 bridgehead atoms. The third-order valence-corrected chi connectivity index (χ3v) is 3.26. The van der Waals surface area contributed by atoms with Gasteiger partial charge in [0.1, 0.15) is 5.82 Å². The molecule has 0 saturated heterocycles. The second-order valence-electron chi connectivity index (χ2n) is 4.01. The van der Waals surface area contributed by atoms with Crippen molar-refractivity contribution < 1.29 is 9.18 Å². The van der Waals surface area contributed by atoms with Crippen molar-refractivity contribution in [3.05, 3.63) is 51.8 Å². The molecule has 2 aromatic carbocycles. The summed E-state index contributed by atoms with van der Waals surface area (Å²) in [5.74, 6) is -1.40. The molecule has 7 heteroatoms. The standard InChI is InChI=1S/C13H10Cl2FN3O/c14-7-2-1-3-8(15)12(7)19-11-4-6(13(18)20)10(17)5-9(11)16/h1-5,19H,17H2,(H2,18,20). The third kappa shape index (κ3) is 2.79. The van der Waals surface area contributed by atoms with Gasteiger partial charge in [-0.25, -0.2) is 4.39 Å². The molecule has 0 spiro atoms. The smallest absolute Gasteiger partial charge is 0.250 e. The molecule has 0 radical (unpaired) electrons. The first kappa shape index (κ1) is 14.4. The summed E-state index contributed by atoms with van der Waals surface area (Å²) in [7, 11) is 0. The van der Waals surface area contributed by atoms with E-state index in [-0.39, 0.29) is 16.9 Å². The number of hydrogen-bond donors (Lipinski definition) is 3. The molecule has 0 heterocycles. The number of rotatable bonds is 3. The molecule has 0 aliphatic rings. The zero-order valence-electron chi connectivity index (χ0n) is 10.1. The average molecular weight is 314 g/mol. The van der Waals surface area contributed by atoms with Crippen LogP contribution in [-0.4, -0.2) is 5.91 Å². The van der Waals surface area contributed by atoms with Gasteiger partial charge in [0.25, 0.3) is 5.91 Å². The van der Waals surface area contributed by atoms with E-state index in [4.69, 9.17) is 34.7 Å². The van der Waals surface area contributed by atoms with Crippen molar-refractivity contribution in [1.82, 2.24) is 0 Å². The Morgan fingerprint density at radius 2 is 1.80 bits per heavy atom. The lowest BCUT2D eigenvalue weighted by atomic mass is 10.1. The van der Waals surface area contributed by atoms with Gasteiger partial charge in [0, 0.05) is 5.69 Å². The maximum absolute atomic E-state index is 13.9. The minimum Gasteiger partial charge on any atom is -0.398 e. The van der Waals surface area contributed by atoms with E-state index in [2.05, 4.69) is 5.32 Å². The van der Waals surface area contributed by atoms with E-state index in [1.165, 1.54) is 6.07 Å². The van der Waals surface area contributed by atoms with Crippen LogP contribution in [0.4, 0.5) is 21.5 Å². The highest BCUT2D eigenvalue weighted by molar-refractivity contribution is 6.39. The van der Waals surface area contributed by atoms with Crippen LogP contribution >= 0.6 is 23.2 Å². The molecule has 4 nitrogen and oxygen atoms in total. The number of para-hydroxylation sites is 1. The first-order valence-electron chi connectivity index (χ1n) is 5.50. The SMILES string of the molecule is NC(=O)c1cc(Nc2c(Cl)cccc2Cl)c(F)cc1N. The summed E-state index contributed by atoms with van der Waals surface area (Å²) in [5.41, 5.74) is 11.0. The number of hydrogen-bond acceptors (Lipinski definition) is 3. The van der Waals surface area contributed by atoms with Crippen molar-refractivity contribution in [3.8, 4) is 0 Å². The van der Waals surface area contributed by atoms with Crippen molar-refractivity contribution in [3.63, 3.8) is 0 Å². The highest BCUT2D eigenvalue weighted by atomic mass is 35.5. The van der Waals surface area contributed by atoms with Crippen LogP contribution in [-0.2, 0) is 0 Å². The summed E-state index contributed by atoms with van der Waals surface area (Å²) in [4.78, 5) is 11.2. The summed E-state index contributed by atoms with van der Waals surface area (Å²) in [5, 5.41) is 3.36. The number of anilines is 3. The molecule has 0 fully saturated rings. The first-order chi connectivity index (χ1) is 9.40. The van der Waals surface area contributed by atoms with Gasteiger partial charge in [-0.3, -0.25) is 4.79 Å². The van der Waals surface area contributed by atoms with E-state index in [1.807, 2.05) is 0 Å². The van der Waals surface area contributed by atoms with Crippen LogP contribution < -0.4 is 16.8 Å². The Bertz CT molecular complexity index is 671.